The topological polar surface area (TPSA) is 83.7 Å². The maximum atomic E-state index is 12.9. The van der Waals surface area contributed by atoms with Crippen LogP contribution in [0.4, 0.5) is 0 Å². The Morgan fingerprint density at radius 3 is 2.80 bits per heavy atom. The molecule has 1 fully saturated rings. The Balaban J connectivity index is 1.72. The van der Waals surface area contributed by atoms with Gasteiger partial charge in [0.1, 0.15) is 5.69 Å². The monoisotopic (exact) mass is 421 g/mol. The third-order valence-electron chi connectivity index (χ3n) is 6.58. The fourth-order valence-electron chi connectivity index (χ4n) is 4.71. The van der Waals surface area contributed by atoms with E-state index in [4.69, 9.17) is 4.74 Å². The van der Waals surface area contributed by atoms with Gasteiger partial charge in [-0.15, -0.1) is 5.10 Å². The molecule has 1 amide bonds. The van der Waals surface area contributed by atoms with E-state index in [0.717, 1.165) is 24.7 Å². The average molecular weight is 422 g/mol. The number of aromatic nitrogens is 3. The lowest BCUT2D eigenvalue weighted by Gasteiger charge is -2.35. The highest BCUT2D eigenvalue weighted by Crippen LogP contribution is 2.26. The molecule has 2 aliphatic rings. The van der Waals surface area contributed by atoms with Gasteiger partial charge in [0, 0.05) is 38.5 Å². The summed E-state index contributed by atoms with van der Waals surface area (Å²) < 4.78 is 8.13. The van der Waals surface area contributed by atoms with Crippen LogP contribution in [0, 0.1) is 11.8 Å². The Morgan fingerprint density at radius 1 is 1.30 bits per heavy atom. The molecule has 0 aromatic carbocycles. The quantitative estimate of drug-likeness (QED) is 0.756. The Bertz CT molecular complexity index is 661. The molecular formula is C22H39N5O3. The van der Waals surface area contributed by atoms with Gasteiger partial charge in [-0.3, -0.25) is 9.48 Å². The van der Waals surface area contributed by atoms with Crippen molar-refractivity contribution in [2.24, 2.45) is 11.8 Å². The van der Waals surface area contributed by atoms with Crippen molar-refractivity contribution >= 4 is 5.91 Å². The van der Waals surface area contributed by atoms with Crippen molar-refractivity contribution in [2.45, 2.75) is 77.7 Å². The number of aliphatic hydroxyl groups excluding tert-OH is 1. The Kier molecular flexibility index (Phi) is 8.65. The summed E-state index contributed by atoms with van der Waals surface area (Å²) in [5.74, 6) is 1.01. The molecule has 1 aromatic heterocycles. The van der Waals surface area contributed by atoms with Crippen LogP contribution in [0.25, 0.3) is 0 Å². The van der Waals surface area contributed by atoms with Gasteiger partial charge in [0.25, 0.3) is 0 Å². The lowest BCUT2D eigenvalue weighted by molar-refractivity contribution is -0.136. The first-order valence-electron chi connectivity index (χ1n) is 11.6. The van der Waals surface area contributed by atoms with E-state index in [9.17, 15) is 9.90 Å². The van der Waals surface area contributed by atoms with Gasteiger partial charge < -0.3 is 19.6 Å². The fourth-order valence-corrected chi connectivity index (χ4v) is 4.71. The van der Waals surface area contributed by atoms with Crippen molar-refractivity contribution in [1.29, 1.82) is 0 Å². The van der Waals surface area contributed by atoms with Crippen molar-refractivity contribution in [3.63, 3.8) is 0 Å². The summed E-state index contributed by atoms with van der Waals surface area (Å²) in [6, 6.07) is -0.195. The minimum atomic E-state index is -0.195. The molecule has 3 atom stereocenters. The summed E-state index contributed by atoms with van der Waals surface area (Å²) in [7, 11) is 2.17. The predicted molar refractivity (Wildman–Crippen MR) is 115 cm³/mol. The maximum absolute atomic E-state index is 12.9. The molecule has 30 heavy (non-hydrogen) atoms. The number of aliphatic hydroxyl groups is 1. The first-order chi connectivity index (χ1) is 14.5. The second-order valence-electron chi connectivity index (χ2n) is 9.35. The van der Waals surface area contributed by atoms with Gasteiger partial charge in [-0.2, -0.15) is 0 Å². The van der Waals surface area contributed by atoms with Gasteiger partial charge in [-0.25, -0.2) is 0 Å². The Labute approximate surface area is 180 Å². The number of hydrogen-bond acceptors (Lipinski definition) is 6. The largest absolute Gasteiger partial charge is 0.394 e. The van der Waals surface area contributed by atoms with Crippen LogP contribution in [0.15, 0.2) is 6.20 Å². The first-order valence-corrected chi connectivity index (χ1v) is 11.6. The molecule has 3 rings (SSSR count). The third-order valence-corrected chi connectivity index (χ3v) is 6.58. The van der Waals surface area contributed by atoms with E-state index >= 15 is 0 Å². The van der Waals surface area contributed by atoms with Gasteiger partial charge in [0.2, 0.25) is 5.91 Å². The number of hydrogen-bond donors (Lipinski definition) is 1. The fraction of sp³-hybridized carbons (Fsp3) is 0.864. The SMILES string of the molecule is C[C@H]1CN([C@@H](C)CO)C(=O)CCCn2cc(nn2)CO[C@@H]1CN(C)CC1CCCC1. The molecule has 1 aliphatic heterocycles. The lowest BCUT2D eigenvalue weighted by Crippen LogP contribution is -2.47. The zero-order valence-electron chi connectivity index (χ0n) is 18.9. The Morgan fingerprint density at radius 2 is 2.07 bits per heavy atom. The lowest BCUT2D eigenvalue weighted by atomic mass is 10.0. The summed E-state index contributed by atoms with van der Waals surface area (Å²) in [5.41, 5.74) is 0.830. The highest BCUT2D eigenvalue weighted by Gasteiger charge is 2.28. The van der Waals surface area contributed by atoms with Gasteiger partial charge in [0.05, 0.1) is 31.6 Å². The maximum Gasteiger partial charge on any atom is 0.222 e. The van der Waals surface area contributed by atoms with Gasteiger partial charge in [-0.05, 0) is 39.2 Å². The van der Waals surface area contributed by atoms with E-state index in [-0.39, 0.29) is 30.6 Å². The average Bonchev–Trinajstić information content (AvgIpc) is 3.40. The van der Waals surface area contributed by atoms with E-state index in [0.29, 0.717) is 32.5 Å². The molecular weight excluding hydrogens is 382 g/mol. The number of ether oxygens (including phenoxy) is 1. The number of rotatable bonds is 6. The molecule has 0 unspecified atom stereocenters. The number of nitrogens with zero attached hydrogens (tertiary/aromatic N) is 5. The second kappa shape index (κ2) is 11.2. The number of aryl methyl sites for hydroxylation is 1. The van der Waals surface area contributed by atoms with Crippen LogP contribution in [-0.4, -0.2) is 81.2 Å². The van der Waals surface area contributed by atoms with Crippen LogP contribution in [0.3, 0.4) is 0 Å². The van der Waals surface area contributed by atoms with Crippen molar-refractivity contribution in [1.82, 2.24) is 24.8 Å². The number of carbonyl (C=O) groups excluding carboxylic acids is 1. The van der Waals surface area contributed by atoms with Gasteiger partial charge in [0.15, 0.2) is 0 Å². The van der Waals surface area contributed by atoms with Crippen molar-refractivity contribution in [3.05, 3.63) is 11.9 Å². The zero-order chi connectivity index (χ0) is 21.5. The number of carbonyl (C=O) groups is 1. The standard InChI is InChI=1S/C22H39N5O3/c1-17-11-27(18(2)15-28)22(29)9-6-10-26-13-20(23-24-26)16-30-21(17)14-25(3)12-19-7-4-5-8-19/h13,17-19,21,28H,4-12,14-16H2,1-3H3/t17-,18-,21+/m0/s1. The normalized spacial score (nSPS) is 25.8. The third kappa shape index (κ3) is 6.49. The molecule has 8 heteroatoms. The summed E-state index contributed by atoms with van der Waals surface area (Å²) in [6.07, 6.45) is 8.39. The van der Waals surface area contributed by atoms with Crippen molar-refractivity contribution in [2.75, 3.05) is 33.3 Å². The summed E-state index contributed by atoms with van der Waals surface area (Å²) in [4.78, 5) is 17.1. The molecule has 2 bridgehead atoms. The second-order valence-corrected chi connectivity index (χ2v) is 9.35. The molecule has 8 nitrogen and oxygen atoms in total. The predicted octanol–water partition coefficient (Wildman–Crippen LogP) is 1.92. The highest BCUT2D eigenvalue weighted by molar-refractivity contribution is 5.76. The van der Waals surface area contributed by atoms with Crippen molar-refractivity contribution < 1.29 is 14.6 Å². The van der Waals surface area contributed by atoms with E-state index in [2.05, 4.69) is 29.2 Å². The minimum Gasteiger partial charge on any atom is -0.394 e. The zero-order valence-corrected chi connectivity index (χ0v) is 18.9. The summed E-state index contributed by atoms with van der Waals surface area (Å²) in [5, 5.41) is 18.1. The molecule has 1 aliphatic carbocycles. The molecule has 0 saturated heterocycles. The van der Waals surface area contributed by atoms with Crippen LogP contribution in [0.2, 0.25) is 0 Å². The van der Waals surface area contributed by atoms with Crippen LogP contribution < -0.4 is 0 Å². The first kappa shape index (κ1) is 23.2. The smallest absolute Gasteiger partial charge is 0.222 e. The van der Waals surface area contributed by atoms with E-state index in [1.54, 1.807) is 4.68 Å². The molecule has 0 radical (unpaired) electrons. The summed E-state index contributed by atoms with van der Waals surface area (Å²) in [6.45, 7) is 7.62. The molecule has 1 saturated carbocycles. The molecule has 1 aromatic rings. The van der Waals surface area contributed by atoms with E-state index in [1.165, 1.54) is 25.7 Å². The van der Waals surface area contributed by atoms with E-state index < -0.39 is 0 Å². The van der Waals surface area contributed by atoms with Crippen molar-refractivity contribution in [3.8, 4) is 0 Å². The van der Waals surface area contributed by atoms with Gasteiger partial charge >= 0.3 is 0 Å². The van der Waals surface area contributed by atoms with E-state index in [1.807, 2.05) is 18.0 Å². The Hall–Kier alpha value is -1.51. The minimum absolute atomic E-state index is 0.0245. The molecule has 0 spiro atoms. The molecule has 1 N–H and O–H groups in total. The number of fused-ring (bicyclic) bond motifs is 2. The number of amides is 1. The van der Waals surface area contributed by atoms with Crippen LogP contribution in [-0.2, 0) is 22.7 Å². The highest BCUT2D eigenvalue weighted by atomic mass is 16.5. The molecule has 170 valence electrons. The summed E-state index contributed by atoms with van der Waals surface area (Å²) >= 11 is 0. The van der Waals surface area contributed by atoms with Crippen LogP contribution >= 0.6 is 0 Å². The number of likely N-dealkylation sites (N-methyl/N-ethyl adjacent to an activating group) is 1. The van der Waals surface area contributed by atoms with Gasteiger partial charge in [-0.1, -0.05) is 25.0 Å². The van der Waals surface area contributed by atoms with Crippen LogP contribution in [0.1, 0.15) is 58.1 Å². The molecule has 2 heterocycles. The van der Waals surface area contributed by atoms with Crippen LogP contribution in [0.5, 0.6) is 0 Å².